The lowest BCUT2D eigenvalue weighted by atomic mass is 9.80. The van der Waals surface area contributed by atoms with E-state index in [0.29, 0.717) is 11.1 Å². The van der Waals surface area contributed by atoms with Crippen LogP contribution in [0.25, 0.3) is 5.76 Å². The topological polar surface area (TPSA) is 26.3 Å². The van der Waals surface area contributed by atoms with Gasteiger partial charge in [-0.25, -0.2) is 0 Å². The number of ketones is 1. The molecule has 3 rings (SSSR count). The molecule has 0 amide bonds. The van der Waals surface area contributed by atoms with E-state index in [4.69, 9.17) is 4.74 Å². The lowest BCUT2D eigenvalue weighted by molar-refractivity contribution is 0.0555. The van der Waals surface area contributed by atoms with Crippen LogP contribution in [0.5, 0.6) is 0 Å². The quantitative estimate of drug-likeness (QED) is 0.653. The Morgan fingerprint density at radius 3 is 2.74 bits per heavy atom. The third-order valence-corrected chi connectivity index (χ3v) is 3.93. The Bertz CT molecular complexity index is 633. The van der Waals surface area contributed by atoms with Gasteiger partial charge in [-0.1, -0.05) is 24.3 Å². The van der Waals surface area contributed by atoms with Gasteiger partial charge in [0.15, 0.2) is 5.78 Å². The summed E-state index contributed by atoms with van der Waals surface area (Å²) in [6.45, 7) is 10.2. The molecular weight excluding hydrogens is 236 g/mol. The SMILES string of the molecule is C=C1C(=O)c2ccc(C)cc2C2=C1CCC(C)(C)O2. The number of carbonyl (C=O) groups excluding carboxylic acids is 1. The lowest BCUT2D eigenvalue weighted by Crippen LogP contribution is -2.31. The van der Waals surface area contributed by atoms with Crippen LogP contribution in [-0.4, -0.2) is 11.4 Å². The molecule has 0 radical (unpaired) electrons. The molecular formula is C17H18O2. The van der Waals surface area contributed by atoms with Gasteiger partial charge in [0, 0.05) is 22.3 Å². The minimum absolute atomic E-state index is 0.0389. The van der Waals surface area contributed by atoms with Crippen molar-refractivity contribution in [1.29, 1.82) is 0 Å². The number of rotatable bonds is 0. The third-order valence-electron chi connectivity index (χ3n) is 3.93. The van der Waals surface area contributed by atoms with E-state index < -0.39 is 0 Å². The summed E-state index contributed by atoms with van der Waals surface area (Å²) in [5.41, 5.74) is 4.19. The number of Topliss-reactive ketones (excluding diaryl/α,β-unsaturated/α-hetero) is 1. The zero-order valence-corrected chi connectivity index (χ0v) is 11.7. The highest BCUT2D eigenvalue weighted by molar-refractivity contribution is 6.17. The largest absolute Gasteiger partial charge is 0.487 e. The fourth-order valence-electron chi connectivity index (χ4n) is 2.78. The molecule has 1 aliphatic heterocycles. The highest BCUT2D eigenvalue weighted by atomic mass is 16.5. The second-order valence-electron chi connectivity index (χ2n) is 6.03. The molecule has 2 nitrogen and oxygen atoms in total. The first kappa shape index (κ1) is 12.2. The monoisotopic (exact) mass is 254 g/mol. The smallest absolute Gasteiger partial charge is 0.193 e. The average molecular weight is 254 g/mol. The maximum Gasteiger partial charge on any atom is 0.193 e. The molecule has 0 fully saturated rings. The number of fused-ring (bicyclic) bond motifs is 2. The number of carbonyl (C=O) groups is 1. The Labute approximate surface area is 113 Å². The predicted octanol–water partition coefficient (Wildman–Crippen LogP) is 4.05. The van der Waals surface area contributed by atoms with Crippen molar-refractivity contribution in [2.75, 3.05) is 0 Å². The minimum Gasteiger partial charge on any atom is -0.487 e. The van der Waals surface area contributed by atoms with E-state index in [1.54, 1.807) is 0 Å². The van der Waals surface area contributed by atoms with Crippen LogP contribution in [0.15, 0.2) is 35.9 Å². The van der Waals surface area contributed by atoms with Gasteiger partial charge in [0.2, 0.25) is 0 Å². The second-order valence-corrected chi connectivity index (χ2v) is 6.03. The molecule has 0 bridgehead atoms. The van der Waals surface area contributed by atoms with Gasteiger partial charge < -0.3 is 4.74 Å². The third kappa shape index (κ3) is 1.83. The number of hydrogen-bond acceptors (Lipinski definition) is 2. The van der Waals surface area contributed by atoms with Crippen molar-refractivity contribution >= 4 is 11.5 Å². The van der Waals surface area contributed by atoms with Crippen molar-refractivity contribution in [2.45, 2.75) is 39.2 Å². The average Bonchev–Trinajstić information content (AvgIpc) is 2.35. The minimum atomic E-state index is -0.180. The van der Waals surface area contributed by atoms with E-state index in [1.807, 2.05) is 25.1 Å². The number of aryl methyl sites for hydroxylation is 1. The fraction of sp³-hybridized carbons (Fsp3) is 0.353. The second kappa shape index (κ2) is 3.83. The van der Waals surface area contributed by atoms with Gasteiger partial charge >= 0.3 is 0 Å². The zero-order chi connectivity index (χ0) is 13.8. The molecule has 0 N–H and O–H groups in total. The molecule has 0 aromatic heterocycles. The lowest BCUT2D eigenvalue weighted by Gasteiger charge is -2.37. The summed E-state index contributed by atoms with van der Waals surface area (Å²) in [6, 6.07) is 5.88. The Kier molecular flexibility index (Phi) is 2.46. The van der Waals surface area contributed by atoms with Crippen LogP contribution in [0, 0.1) is 6.92 Å². The van der Waals surface area contributed by atoms with Crippen molar-refractivity contribution in [3.63, 3.8) is 0 Å². The van der Waals surface area contributed by atoms with Crippen LogP contribution in [0.3, 0.4) is 0 Å². The van der Waals surface area contributed by atoms with Crippen LogP contribution >= 0.6 is 0 Å². The summed E-state index contributed by atoms with van der Waals surface area (Å²) in [6.07, 6.45) is 1.78. The Hall–Kier alpha value is -1.83. The molecule has 1 aromatic rings. The highest BCUT2D eigenvalue weighted by Crippen LogP contribution is 2.44. The molecule has 0 saturated heterocycles. The first-order chi connectivity index (χ1) is 8.89. The van der Waals surface area contributed by atoms with Gasteiger partial charge in [0.1, 0.15) is 11.4 Å². The van der Waals surface area contributed by atoms with Gasteiger partial charge in [-0.2, -0.15) is 0 Å². The number of benzene rings is 1. The molecule has 0 atom stereocenters. The summed E-state index contributed by atoms with van der Waals surface area (Å²) in [5, 5.41) is 0. The summed E-state index contributed by atoms with van der Waals surface area (Å²) >= 11 is 0. The zero-order valence-electron chi connectivity index (χ0n) is 11.7. The molecule has 98 valence electrons. The van der Waals surface area contributed by atoms with Gasteiger partial charge in [-0.3, -0.25) is 4.79 Å². The predicted molar refractivity (Wildman–Crippen MR) is 76.0 cm³/mol. The Balaban J connectivity index is 2.25. The van der Waals surface area contributed by atoms with E-state index in [1.165, 1.54) is 0 Å². The molecule has 2 heteroatoms. The number of allylic oxidation sites excluding steroid dienone is 2. The fourth-order valence-corrected chi connectivity index (χ4v) is 2.78. The van der Waals surface area contributed by atoms with Crippen molar-refractivity contribution < 1.29 is 9.53 Å². The van der Waals surface area contributed by atoms with Gasteiger partial charge in [0.25, 0.3) is 0 Å². The van der Waals surface area contributed by atoms with Gasteiger partial charge in [0.05, 0.1) is 0 Å². The van der Waals surface area contributed by atoms with Crippen molar-refractivity contribution in [2.24, 2.45) is 0 Å². The van der Waals surface area contributed by atoms with Crippen LogP contribution in [0.1, 0.15) is 48.2 Å². The summed E-state index contributed by atoms with van der Waals surface area (Å²) < 4.78 is 6.14. The van der Waals surface area contributed by atoms with Crippen LogP contribution in [0.4, 0.5) is 0 Å². The normalized spacial score (nSPS) is 20.8. The van der Waals surface area contributed by atoms with Crippen LogP contribution in [0.2, 0.25) is 0 Å². The van der Waals surface area contributed by atoms with Crippen LogP contribution < -0.4 is 0 Å². The molecule has 19 heavy (non-hydrogen) atoms. The Morgan fingerprint density at radius 1 is 1.26 bits per heavy atom. The van der Waals surface area contributed by atoms with E-state index in [2.05, 4.69) is 20.4 Å². The summed E-state index contributed by atoms with van der Waals surface area (Å²) in [4.78, 5) is 12.4. The first-order valence-electron chi connectivity index (χ1n) is 6.66. The van der Waals surface area contributed by atoms with E-state index in [9.17, 15) is 4.79 Å². The number of hydrogen-bond donors (Lipinski definition) is 0. The maximum atomic E-state index is 12.4. The molecule has 0 spiro atoms. The Morgan fingerprint density at radius 2 is 2.00 bits per heavy atom. The molecule has 1 aromatic carbocycles. The molecule has 0 saturated carbocycles. The maximum absolute atomic E-state index is 12.4. The first-order valence-corrected chi connectivity index (χ1v) is 6.66. The van der Waals surface area contributed by atoms with E-state index in [-0.39, 0.29) is 11.4 Å². The van der Waals surface area contributed by atoms with Gasteiger partial charge in [-0.15, -0.1) is 0 Å². The van der Waals surface area contributed by atoms with Crippen LogP contribution in [-0.2, 0) is 4.74 Å². The molecule has 0 unspecified atom stereocenters. The molecule has 1 aliphatic carbocycles. The number of ether oxygens (including phenoxy) is 1. The molecule has 1 heterocycles. The van der Waals surface area contributed by atoms with Crippen molar-refractivity contribution in [3.05, 3.63) is 52.6 Å². The van der Waals surface area contributed by atoms with E-state index >= 15 is 0 Å². The van der Waals surface area contributed by atoms with Crippen molar-refractivity contribution in [3.8, 4) is 0 Å². The summed E-state index contributed by atoms with van der Waals surface area (Å²) in [7, 11) is 0. The van der Waals surface area contributed by atoms with Gasteiger partial charge in [-0.05, 0) is 39.7 Å². The summed E-state index contributed by atoms with van der Waals surface area (Å²) in [5.74, 6) is 0.900. The van der Waals surface area contributed by atoms with Crippen molar-refractivity contribution in [1.82, 2.24) is 0 Å². The molecule has 2 aliphatic rings. The standard InChI is InChI=1S/C17H18O2/c1-10-5-6-13-14(9-10)16-12(11(2)15(13)18)7-8-17(3,4)19-16/h5-6,9H,2,7-8H2,1,3-4H3. The highest BCUT2D eigenvalue weighted by Gasteiger charge is 2.36. The van der Waals surface area contributed by atoms with E-state index in [0.717, 1.165) is 35.3 Å².